The van der Waals surface area contributed by atoms with Gasteiger partial charge in [-0.15, -0.1) is 11.8 Å². The van der Waals surface area contributed by atoms with Gasteiger partial charge in [0.15, 0.2) is 0 Å². The monoisotopic (exact) mass is 306 g/mol. The van der Waals surface area contributed by atoms with Crippen molar-refractivity contribution in [1.29, 1.82) is 0 Å². The molecule has 0 N–H and O–H groups in total. The zero-order valence-corrected chi connectivity index (χ0v) is 10.4. The van der Waals surface area contributed by atoms with Gasteiger partial charge in [-0.2, -0.15) is 0 Å². The van der Waals surface area contributed by atoms with Crippen LogP contribution in [-0.4, -0.2) is 5.75 Å². The van der Waals surface area contributed by atoms with Crippen LogP contribution in [0.4, 0.5) is 0 Å². The normalized spacial score (nSPS) is 9.83. The second-order valence-corrected chi connectivity index (χ2v) is 5.23. The molecule has 3 heteroatoms. The van der Waals surface area contributed by atoms with E-state index in [2.05, 4.69) is 44.5 Å². The topological polar surface area (TPSA) is 0 Å². The van der Waals surface area contributed by atoms with Gasteiger partial charge in [0.25, 0.3) is 0 Å². The Morgan fingerprint density at radius 2 is 2.08 bits per heavy atom. The quantitative estimate of drug-likeness (QED) is 0.743. The Bertz CT molecular complexity index is 284. The van der Waals surface area contributed by atoms with Crippen molar-refractivity contribution in [3.05, 3.63) is 39.8 Å². The van der Waals surface area contributed by atoms with E-state index in [1.54, 1.807) is 11.8 Å². The molecule has 0 unspecified atom stereocenters. The number of hydrogen-bond donors (Lipinski definition) is 0. The lowest BCUT2D eigenvalue weighted by Gasteiger charge is -2.01. The average Bonchev–Trinajstić information content (AvgIpc) is 2.03. The van der Waals surface area contributed by atoms with Gasteiger partial charge in [-0.05, 0) is 32.5 Å². The molecule has 1 aromatic carbocycles. The summed E-state index contributed by atoms with van der Waals surface area (Å²) in [4.78, 5) is 1.25. The maximum atomic E-state index is 3.78. The van der Waals surface area contributed by atoms with Gasteiger partial charge in [-0.25, -0.2) is 0 Å². The van der Waals surface area contributed by atoms with Crippen molar-refractivity contribution in [2.75, 3.05) is 5.75 Å². The molecule has 0 saturated heterocycles. The zero-order chi connectivity index (χ0) is 8.97. The van der Waals surface area contributed by atoms with Crippen LogP contribution in [0.2, 0.25) is 0 Å². The number of hydrogen-bond acceptors (Lipinski definition) is 1. The summed E-state index contributed by atoms with van der Waals surface area (Å²) in [7, 11) is 0. The van der Waals surface area contributed by atoms with E-state index in [4.69, 9.17) is 0 Å². The highest BCUT2D eigenvalue weighted by Crippen LogP contribution is 2.28. The largest absolute Gasteiger partial charge is 0.120 e. The van der Waals surface area contributed by atoms with Crippen LogP contribution in [0, 0.1) is 0 Å². The highest BCUT2D eigenvalue weighted by molar-refractivity contribution is 9.12. The molecule has 0 aromatic heterocycles. The molecule has 12 heavy (non-hydrogen) atoms. The molecule has 0 aliphatic heterocycles. The first kappa shape index (κ1) is 10.4. The highest BCUT2D eigenvalue weighted by Gasteiger charge is 1.98. The van der Waals surface area contributed by atoms with Gasteiger partial charge >= 0.3 is 0 Å². The molecule has 0 nitrogen and oxygen atoms in total. The van der Waals surface area contributed by atoms with Crippen LogP contribution in [0.1, 0.15) is 0 Å². The van der Waals surface area contributed by atoms with E-state index in [0.29, 0.717) is 0 Å². The summed E-state index contributed by atoms with van der Waals surface area (Å²) < 4.78 is 2.16. The standard InChI is InChI=1S/C9H8Br2S/c1-7(10)6-12-9-5-3-2-4-8(9)11/h2-5H,1,6H2. The fraction of sp³-hybridized carbons (Fsp3) is 0.111. The summed E-state index contributed by atoms with van der Waals surface area (Å²) in [5.74, 6) is 0.905. The van der Waals surface area contributed by atoms with Crippen LogP contribution in [0.25, 0.3) is 0 Å². The second kappa shape index (κ2) is 5.10. The predicted molar refractivity (Wildman–Crippen MR) is 62.9 cm³/mol. The van der Waals surface area contributed by atoms with E-state index < -0.39 is 0 Å². The third kappa shape index (κ3) is 3.33. The number of thioether (sulfide) groups is 1. The highest BCUT2D eigenvalue weighted by atomic mass is 79.9. The SMILES string of the molecule is C=C(Br)CSc1ccccc1Br. The van der Waals surface area contributed by atoms with Crippen molar-refractivity contribution < 1.29 is 0 Å². The average molecular weight is 308 g/mol. The van der Waals surface area contributed by atoms with Crippen LogP contribution in [0.5, 0.6) is 0 Å². The molecule has 0 aliphatic rings. The van der Waals surface area contributed by atoms with Crippen molar-refractivity contribution in [2.24, 2.45) is 0 Å². The molecule has 0 amide bonds. The van der Waals surface area contributed by atoms with Gasteiger partial charge in [-0.3, -0.25) is 0 Å². The van der Waals surface area contributed by atoms with Gasteiger partial charge in [0, 0.05) is 15.1 Å². The van der Waals surface area contributed by atoms with E-state index in [0.717, 1.165) is 14.7 Å². The minimum atomic E-state index is 0.905. The molecule has 0 fully saturated rings. The van der Waals surface area contributed by atoms with Crippen LogP contribution in [0.3, 0.4) is 0 Å². The molecular weight excluding hydrogens is 300 g/mol. The van der Waals surface area contributed by atoms with E-state index in [-0.39, 0.29) is 0 Å². The molecule has 0 radical (unpaired) electrons. The summed E-state index contributed by atoms with van der Waals surface area (Å²) in [5.41, 5.74) is 0. The van der Waals surface area contributed by atoms with Crippen molar-refractivity contribution in [3.8, 4) is 0 Å². The Labute approximate surface area is 93.7 Å². The third-order valence-electron chi connectivity index (χ3n) is 1.22. The lowest BCUT2D eigenvalue weighted by Crippen LogP contribution is -1.77. The number of rotatable bonds is 3. The molecule has 0 heterocycles. The van der Waals surface area contributed by atoms with E-state index in [1.165, 1.54) is 4.90 Å². The molecule has 1 aromatic rings. The van der Waals surface area contributed by atoms with Crippen LogP contribution in [0.15, 0.2) is 44.7 Å². The maximum absolute atomic E-state index is 3.78. The first-order chi connectivity index (χ1) is 5.70. The van der Waals surface area contributed by atoms with Gasteiger partial charge in [-0.1, -0.05) is 34.6 Å². The van der Waals surface area contributed by atoms with Crippen LogP contribution < -0.4 is 0 Å². The van der Waals surface area contributed by atoms with Gasteiger partial charge in [0.1, 0.15) is 0 Å². The molecule has 64 valence electrons. The molecular formula is C9H8Br2S. The summed E-state index contributed by atoms with van der Waals surface area (Å²) in [6, 6.07) is 8.17. The fourth-order valence-corrected chi connectivity index (χ4v) is 2.38. The molecule has 0 atom stereocenters. The smallest absolute Gasteiger partial charge is 0.0311 e. The molecule has 0 bridgehead atoms. The fourth-order valence-electron chi connectivity index (χ4n) is 0.718. The molecule has 1 rings (SSSR count). The molecule has 0 aliphatic carbocycles. The number of benzene rings is 1. The number of halogens is 2. The van der Waals surface area contributed by atoms with Crippen LogP contribution in [-0.2, 0) is 0 Å². The molecule has 0 spiro atoms. The summed E-state index contributed by atoms with van der Waals surface area (Å²) in [6.07, 6.45) is 0. The lowest BCUT2D eigenvalue weighted by atomic mass is 10.4. The van der Waals surface area contributed by atoms with Crippen molar-refractivity contribution in [3.63, 3.8) is 0 Å². The Kier molecular flexibility index (Phi) is 4.40. The minimum absolute atomic E-state index is 0.905. The lowest BCUT2D eigenvalue weighted by molar-refractivity contribution is 1.40. The Morgan fingerprint density at radius 3 is 2.67 bits per heavy atom. The minimum Gasteiger partial charge on any atom is -0.120 e. The molecule has 0 saturated carbocycles. The Morgan fingerprint density at radius 1 is 1.42 bits per heavy atom. The second-order valence-electron chi connectivity index (χ2n) is 2.24. The van der Waals surface area contributed by atoms with Gasteiger partial charge in [0.05, 0.1) is 0 Å². The summed E-state index contributed by atoms with van der Waals surface area (Å²) >= 11 is 8.57. The first-order valence-corrected chi connectivity index (χ1v) is 5.98. The van der Waals surface area contributed by atoms with E-state index in [1.807, 2.05) is 18.2 Å². The first-order valence-electron chi connectivity index (χ1n) is 3.41. The van der Waals surface area contributed by atoms with Crippen molar-refractivity contribution in [1.82, 2.24) is 0 Å². The Hall–Kier alpha value is 0.270. The summed E-state index contributed by atoms with van der Waals surface area (Å²) in [5, 5.41) is 0. The van der Waals surface area contributed by atoms with E-state index in [9.17, 15) is 0 Å². The summed E-state index contributed by atoms with van der Waals surface area (Å²) in [6.45, 7) is 3.78. The van der Waals surface area contributed by atoms with Crippen LogP contribution >= 0.6 is 43.6 Å². The van der Waals surface area contributed by atoms with Crippen molar-refractivity contribution >= 4 is 43.6 Å². The van der Waals surface area contributed by atoms with Gasteiger partial charge in [0.2, 0.25) is 0 Å². The van der Waals surface area contributed by atoms with E-state index >= 15 is 0 Å². The third-order valence-corrected chi connectivity index (χ3v) is 3.99. The Balaban J connectivity index is 2.63. The maximum Gasteiger partial charge on any atom is 0.0311 e. The zero-order valence-electron chi connectivity index (χ0n) is 6.39. The predicted octanol–water partition coefficient (Wildman–Crippen LogP) is 4.45. The van der Waals surface area contributed by atoms with Crippen molar-refractivity contribution in [2.45, 2.75) is 4.90 Å². The van der Waals surface area contributed by atoms with Gasteiger partial charge < -0.3 is 0 Å².